The molecule has 2 aliphatic carbocycles. The molecule has 4 heteroatoms. The van der Waals surface area contributed by atoms with Crippen molar-refractivity contribution in [3.8, 4) is 0 Å². The summed E-state index contributed by atoms with van der Waals surface area (Å²) >= 11 is 0. The standard InChI is InChI=1S/C10H14O4/c1-13-9-4-2-5(8(9)11)7-6(4)3-14-10(7)12/h4-9,11H,2-3H2,1H3/t4-,5-,6-,7-,8+,9-/m0/s1. The quantitative estimate of drug-likeness (QED) is 0.593. The van der Waals surface area contributed by atoms with E-state index in [0.717, 1.165) is 6.42 Å². The molecule has 3 rings (SSSR count). The van der Waals surface area contributed by atoms with Crippen molar-refractivity contribution in [3.63, 3.8) is 0 Å². The largest absolute Gasteiger partial charge is 0.465 e. The molecule has 6 atom stereocenters. The minimum atomic E-state index is -0.475. The molecule has 2 saturated carbocycles. The lowest BCUT2D eigenvalue weighted by atomic mass is 9.78. The Morgan fingerprint density at radius 3 is 2.93 bits per heavy atom. The van der Waals surface area contributed by atoms with E-state index in [9.17, 15) is 9.90 Å². The lowest BCUT2D eigenvalue weighted by Crippen LogP contribution is -2.43. The third kappa shape index (κ3) is 0.834. The van der Waals surface area contributed by atoms with Crippen LogP contribution in [0.25, 0.3) is 0 Å². The molecule has 1 aliphatic heterocycles. The highest BCUT2D eigenvalue weighted by Gasteiger charge is 2.63. The SMILES string of the molecule is CO[C@@H]1[C@H](O)[C@H]2C[C@H]1[C@@H]1COC(=O)[C@@H]21. The van der Waals surface area contributed by atoms with Crippen molar-refractivity contribution in [1.29, 1.82) is 0 Å². The smallest absolute Gasteiger partial charge is 0.309 e. The van der Waals surface area contributed by atoms with E-state index in [4.69, 9.17) is 9.47 Å². The van der Waals surface area contributed by atoms with Gasteiger partial charge < -0.3 is 14.6 Å². The molecule has 78 valence electrons. The molecule has 0 aromatic rings. The Hall–Kier alpha value is -0.610. The molecule has 0 spiro atoms. The summed E-state index contributed by atoms with van der Waals surface area (Å²) in [5.41, 5.74) is 0. The van der Waals surface area contributed by atoms with Crippen LogP contribution in [0.2, 0.25) is 0 Å². The predicted molar refractivity (Wildman–Crippen MR) is 46.3 cm³/mol. The fraction of sp³-hybridized carbons (Fsp3) is 0.900. The number of methoxy groups -OCH3 is 1. The van der Waals surface area contributed by atoms with E-state index >= 15 is 0 Å². The normalized spacial score (nSPS) is 54.9. The van der Waals surface area contributed by atoms with Crippen LogP contribution >= 0.6 is 0 Å². The van der Waals surface area contributed by atoms with Gasteiger partial charge in [0.05, 0.1) is 24.7 Å². The van der Waals surface area contributed by atoms with E-state index < -0.39 is 6.10 Å². The monoisotopic (exact) mass is 198 g/mol. The summed E-state index contributed by atoms with van der Waals surface area (Å²) in [6.45, 7) is 0.525. The molecule has 4 nitrogen and oxygen atoms in total. The Kier molecular flexibility index (Phi) is 1.67. The Morgan fingerprint density at radius 1 is 1.43 bits per heavy atom. The zero-order valence-corrected chi connectivity index (χ0v) is 8.05. The van der Waals surface area contributed by atoms with Gasteiger partial charge >= 0.3 is 5.97 Å². The Balaban J connectivity index is 1.92. The van der Waals surface area contributed by atoms with Crippen LogP contribution in [0.3, 0.4) is 0 Å². The van der Waals surface area contributed by atoms with Crippen molar-refractivity contribution in [2.75, 3.05) is 13.7 Å². The van der Waals surface area contributed by atoms with Crippen LogP contribution in [0.4, 0.5) is 0 Å². The van der Waals surface area contributed by atoms with E-state index in [0.29, 0.717) is 18.4 Å². The predicted octanol–water partition coefficient (Wildman–Crippen LogP) is -0.199. The van der Waals surface area contributed by atoms with E-state index in [1.54, 1.807) is 7.11 Å². The van der Waals surface area contributed by atoms with Gasteiger partial charge in [0.25, 0.3) is 0 Å². The summed E-state index contributed by atoms with van der Waals surface area (Å²) < 4.78 is 10.3. The summed E-state index contributed by atoms with van der Waals surface area (Å²) in [4.78, 5) is 11.4. The second-order valence-corrected chi connectivity index (χ2v) is 4.57. The average molecular weight is 198 g/mol. The molecule has 1 N–H and O–H groups in total. The van der Waals surface area contributed by atoms with E-state index in [-0.39, 0.29) is 23.9 Å². The van der Waals surface area contributed by atoms with Gasteiger partial charge in [0, 0.05) is 18.9 Å². The number of cyclic esters (lactones) is 1. The number of carbonyl (C=O) groups is 1. The molecule has 3 fully saturated rings. The van der Waals surface area contributed by atoms with Gasteiger partial charge in [-0.25, -0.2) is 0 Å². The Morgan fingerprint density at radius 2 is 2.21 bits per heavy atom. The van der Waals surface area contributed by atoms with Crippen molar-refractivity contribution in [2.24, 2.45) is 23.7 Å². The molecule has 1 saturated heterocycles. The number of esters is 1. The summed E-state index contributed by atoms with van der Waals surface area (Å²) in [6.07, 6.45) is 0.358. The zero-order valence-electron chi connectivity index (χ0n) is 8.05. The number of rotatable bonds is 1. The van der Waals surface area contributed by atoms with Crippen LogP contribution in [-0.4, -0.2) is 37.0 Å². The Bertz CT molecular complexity index is 277. The van der Waals surface area contributed by atoms with Crippen LogP contribution < -0.4 is 0 Å². The maximum absolute atomic E-state index is 11.4. The molecule has 0 aromatic carbocycles. The fourth-order valence-corrected chi connectivity index (χ4v) is 3.61. The molecule has 1 heterocycles. The van der Waals surface area contributed by atoms with Gasteiger partial charge in [-0.1, -0.05) is 0 Å². The van der Waals surface area contributed by atoms with Gasteiger partial charge in [-0.2, -0.15) is 0 Å². The van der Waals surface area contributed by atoms with Crippen molar-refractivity contribution >= 4 is 5.97 Å². The number of hydrogen-bond donors (Lipinski definition) is 1. The average Bonchev–Trinajstić information content (AvgIpc) is 2.77. The molecule has 0 aromatic heterocycles. The van der Waals surface area contributed by atoms with Crippen LogP contribution in [0, 0.1) is 23.7 Å². The highest BCUT2D eigenvalue weighted by atomic mass is 16.5. The molecular weight excluding hydrogens is 184 g/mol. The zero-order chi connectivity index (χ0) is 9.87. The van der Waals surface area contributed by atoms with Crippen LogP contribution in [-0.2, 0) is 14.3 Å². The first-order valence-corrected chi connectivity index (χ1v) is 5.11. The van der Waals surface area contributed by atoms with Crippen molar-refractivity contribution in [2.45, 2.75) is 18.6 Å². The second kappa shape index (κ2) is 2.70. The van der Waals surface area contributed by atoms with E-state index in [1.165, 1.54) is 0 Å². The third-order valence-electron chi connectivity index (χ3n) is 4.18. The first-order valence-electron chi connectivity index (χ1n) is 5.11. The van der Waals surface area contributed by atoms with Gasteiger partial charge in [-0.15, -0.1) is 0 Å². The highest BCUT2D eigenvalue weighted by Crippen LogP contribution is 2.55. The number of carbonyl (C=O) groups excluding carboxylic acids is 1. The van der Waals surface area contributed by atoms with Gasteiger partial charge in [0.2, 0.25) is 0 Å². The minimum absolute atomic E-state index is 0.0543. The van der Waals surface area contributed by atoms with Crippen LogP contribution in [0.1, 0.15) is 6.42 Å². The molecule has 0 unspecified atom stereocenters. The number of fused-ring (bicyclic) bond motifs is 5. The van der Waals surface area contributed by atoms with Crippen molar-refractivity contribution in [1.82, 2.24) is 0 Å². The van der Waals surface area contributed by atoms with E-state index in [2.05, 4.69) is 0 Å². The number of aliphatic hydroxyl groups is 1. The Labute approximate surface area is 82.2 Å². The van der Waals surface area contributed by atoms with Gasteiger partial charge in [-0.3, -0.25) is 4.79 Å². The number of aliphatic hydroxyl groups excluding tert-OH is 1. The maximum Gasteiger partial charge on any atom is 0.309 e. The van der Waals surface area contributed by atoms with Gasteiger partial charge in [-0.05, 0) is 12.3 Å². The first-order chi connectivity index (χ1) is 6.74. The van der Waals surface area contributed by atoms with Crippen LogP contribution in [0.5, 0.6) is 0 Å². The van der Waals surface area contributed by atoms with E-state index in [1.807, 2.05) is 0 Å². The molecular formula is C10H14O4. The van der Waals surface area contributed by atoms with Crippen molar-refractivity contribution in [3.05, 3.63) is 0 Å². The summed E-state index contributed by atoms with van der Waals surface area (Å²) in [6, 6.07) is 0. The molecule has 14 heavy (non-hydrogen) atoms. The topological polar surface area (TPSA) is 55.8 Å². The van der Waals surface area contributed by atoms with Crippen molar-refractivity contribution < 1.29 is 19.4 Å². The number of hydrogen-bond acceptors (Lipinski definition) is 4. The third-order valence-corrected chi connectivity index (χ3v) is 4.18. The lowest BCUT2D eigenvalue weighted by Gasteiger charge is -2.31. The molecule has 0 amide bonds. The molecule has 2 bridgehead atoms. The maximum atomic E-state index is 11.4. The minimum Gasteiger partial charge on any atom is -0.465 e. The summed E-state index contributed by atoms with van der Waals surface area (Å²) in [5.74, 6) is 0.514. The summed E-state index contributed by atoms with van der Waals surface area (Å²) in [5, 5.41) is 9.91. The highest BCUT2D eigenvalue weighted by molar-refractivity contribution is 5.76. The molecule has 0 radical (unpaired) electrons. The van der Waals surface area contributed by atoms with Gasteiger partial charge in [0.15, 0.2) is 0 Å². The fourth-order valence-electron chi connectivity index (χ4n) is 3.61. The second-order valence-electron chi connectivity index (χ2n) is 4.57. The summed E-state index contributed by atoms with van der Waals surface area (Å²) in [7, 11) is 1.63. The lowest BCUT2D eigenvalue weighted by molar-refractivity contribution is -0.144. The number of ether oxygens (including phenoxy) is 2. The van der Waals surface area contributed by atoms with Crippen LogP contribution in [0.15, 0.2) is 0 Å². The van der Waals surface area contributed by atoms with Gasteiger partial charge in [0.1, 0.15) is 0 Å². The molecule has 3 aliphatic rings. The first kappa shape index (κ1) is 8.68.